The van der Waals surface area contributed by atoms with Gasteiger partial charge in [-0.2, -0.15) is 0 Å². The lowest BCUT2D eigenvalue weighted by atomic mass is 10.1. The Balaban J connectivity index is 2.01. The first kappa shape index (κ1) is 16.8. The van der Waals surface area contributed by atoms with Crippen molar-refractivity contribution in [3.63, 3.8) is 0 Å². The number of nitrogens with zero attached hydrogens (tertiary/aromatic N) is 1. The number of hydrogen-bond donors (Lipinski definition) is 0. The summed E-state index contributed by atoms with van der Waals surface area (Å²) in [5.74, 6) is -0.260. The Hall–Kier alpha value is -1.56. The van der Waals surface area contributed by atoms with Gasteiger partial charge in [-0.15, -0.1) is 11.3 Å². The van der Waals surface area contributed by atoms with Crippen LogP contribution in [-0.4, -0.2) is 42.3 Å². The maximum absolute atomic E-state index is 12.1. The summed E-state index contributed by atoms with van der Waals surface area (Å²) in [5, 5.41) is 0. The van der Waals surface area contributed by atoms with E-state index in [0.29, 0.717) is 24.6 Å². The molecule has 0 aliphatic carbocycles. The average Bonchev–Trinajstić information content (AvgIpc) is 2.71. The summed E-state index contributed by atoms with van der Waals surface area (Å²) in [7, 11) is 0. The largest absolute Gasteiger partial charge is 0.462 e. The van der Waals surface area contributed by atoms with Gasteiger partial charge in [-0.1, -0.05) is 0 Å². The first-order valence-electron chi connectivity index (χ1n) is 7.57. The molecule has 0 radical (unpaired) electrons. The molecule has 0 saturated carbocycles. The quantitative estimate of drug-likeness (QED) is 0.783. The topological polar surface area (TPSA) is 55.8 Å². The number of amides is 1. The van der Waals surface area contributed by atoms with Gasteiger partial charge >= 0.3 is 12.1 Å². The fourth-order valence-electron chi connectivity index (χ4n) is 2.31. The Morgan fingerprint density at radius 3 is 2.59 bits per heavy atom. The lowest BCUT2D eigenvalue weighted by Gasteiger charge is -2.26. The van der Waals surface area contributed by atoms with Crippen molar-refractivity contribution in [1.29, 1.82) is 0 Å². The molecule has 0 unspecified atom stereocenters. The molecule has 22 heavy (non-hydrogen) atoms. The van der Waals surface area contributed by atoms with Crippen molar-refractivity contribution >= 4 is 23.4 Å². The van der Waals surface area contributed by atoms with E-state index >= 15 is 0 Å². The lowest BCUT2D eigenvalue weighted by Crippen LogP contribution is -2.38. The molecule has 1 aromatic heterocycles. The molecule has 1 aliphatic heterocycles. The summed E-state index contributed by atoms with van der Waals surface area (Å²) in [5.41, 5.74) is 0.657. The van der Waals surface area contributed by atoms with Crippen LogP contribution in [0.4, 0.5) is 4.79 Å². The van der Waals surface area contributed by atoms with Gasteiger partial charge in [0.05, 0.1) is 6.61 Å². The molecule has 1 aliphatic rings. The molecule has 1 amide bonds. The minimum Gasteiger partial charge on any atom is -0.462 e. The number of carbonyl (C=O) groups is 2. The van der Waals surface area contributed by atoms with Gasteiger partial charge in [0.15, 0.2) is 0 Å². The maximum Gasteiger partial charge on any atom is 0.410 e. The molecule has 5 nitrogen and oxygen atoms in total. The molecule has 0 N–H and O–H groups in total. The van der Waals surface area contributed by atoms with Crippen LogP contribution in [0.2, 0.25) is 0 Å². The van der Waals surface area contributed by atoms with Crippen molar-refractivity contribution < 1.29 is 19.1 Å². The summed E-state index contributed by atoms with van der Waals surface area (Å²) in [4.78, 5) is 27.5. The minimum atomic E-state index is -0.481. The molecular formula is C16H23NO4S. The Morgan fingerprint density at radius 2 is 1.95 bits per heavy atom. The number of fused-ring (bicyclic) bond motifs is 1. The third-order valence-electron chi connectivity index (χ3n) is 3.28. The predicted molar refractivity (Wildman–Crippen MR) is 85.5 cm³/mol. The lowest BCUT2D eigenvalue weighted by molar-refractivity contribution is 0.0258. The van der Waals surface area contributed by atoms with Gasteiger partial charge in [-0.05, 0) is 52.2 Å². The fourth-order valence-corrected chi connectivity index (χ4v) is 3.40. The summed E-state index contributed by atoms with van der Waals surface area (Å²) in [6.45, 7) is 9.01. The summed E-state index contributed by atoms with van der Waals surface area (Å²) >= 11 is 1.47. The van der Waals surface area contributed by atoms with Crippen LogP contribution in [0.1, 0.15) is 47.8 Å². The van der Waals surface area contributed by atoms with Gasteiger partial charge in [0.1, 0.15) is 10.5 Å². The second kappa shape index (κ2) is 6.69. The zero-order valence-electron chi connectivity index (χ0n) is 13.6. The minimum absolute atomic E-state index is 0.260. The first-order valence-corrected chi connectivity index (χ1v) is 8.38. The van der Waals surface area contributed by atoms with Crippen molar-refractivity contribution in [1.82, 2.24) is 4.90 Å². The second-order valence-electron chi connectivity index (χ2n) is 6.25. The highest BCUT2D eigenvalue weighted by Gasteiger charge is 2.25. The van der Waals surface area contributed by atoms with E-state index in [1.54, 1.807) is 11.8 Å². The van der Waals surface area contributed by atoms with Gasteiger partial charge < -0.3 is 14.4 Å². The molecule has 0 saturated heterocycles. The smallest absolute Gasteiger partial charge is 0.410 e. The molecule has 0 spiro atoms. The fraction of sp³-hybridized carbons (Fsp3) is 0.625. The van der Waals surface area contributed by atoms with Crippen molar-refractivity contribution in [3.8, 4) is 0 Å². The summed E-state index contributed by atoms with van der Waals surface area (Å²) in [6.07, 6.45) is 1.22. The van der Waals surface area contributed by atoms with Crippen LogP contribution in [0.15, 0.2) is 6.07 Å². The zero-order valence-corrected chi connectivity index (χ0v) is 14.4. The molecular weight excluding hydrogens is 302 g/mol. The predicted octanol–water partition coefficient (Wildman–Crippen LogP) is 3.26. The number of ether oxygens (including phenoxy) is 2. The number of carbonyl (C=O) groups excluding carboxylic acids is 2. The average molecular weight is 325 g/mol. The van der Waals surface area contributed by atoms with Crippen molar-refractivity contribution in [2.75, 3.05) is 19.7 Å². The monoisotopic (exact) mass is 325 g/mol. The van der Waals surface area contributed by atoms with Crippen LogP contribution in [0.25, 0.3) is 0 Å². The van der Waals surface area contributed by atoms with Gasteiger partial charge in [0.2, 0.25) is 0 Å². The Bertz CT molecular complexity index is 533. The molecule has 122 valence electrons. The molecule has 0 fully saturated rings. The van der Waals surface area contributed by atoms with Crippen molar-refractivity contribution in [3.05, 3.63) is 21.4 Å². The number of rotatable bonds is 2. The van der Waals surface area contributed by atoms with E-state index in [1.165, 1.54) is 11.3 Å². The molecule has 0 aromatic carbocycles. The van der Waals surface area contributed by atoms with E-state index < -0.39 is 5.60 Å². The molecule has 2 rings (SSSR count). The van der Waals surface area contributed by atoms with Crippen LogP contribution in [0.5, 0.6) is 0 Å². The van der Waals surface area contributed by atoms with Crippen molar-refractivity contribution in [2.45, 2.75) is 46.1 Å². The normalized spacial score (nSPS) is 15.0. The molecule has 0 bridgehead atoms. The number of thiophene rings is 1. The maximum atomic E-state index is 12.1. The Labute approximate surface area is 135 Å². The Morgan fingerprint density at radius 1 is 1.27 bits per heavy atom. The zero-order chi connectivity index (χ0) is 16.3. The van der Waals surface area contributed by atoms with Crippen LogP contribution in [-0.2, 0) is 22.3 Å². The van der Waals surface area contributed by atoms with E-state index in [4.69, 9.17) is 9.47 Å². The SMILES string of the molecule is CCOC(=O)c1cc2c(s1)CCN(C(=O)OC(C)(C)C)CC2. The highest BCUT2D eigenvalue weighted by atomic mass is 32.1. The van der Waals surface area contributed by atoms with E-state index in [9.17, 15) is 9.59 Å². The third kappa shape index (κ3) is 4.22. The van der Waals surface area contributed by atoms with E-state index in [-0.39, 0.29) is 12.1 Å². The van der Waals surface area contributed by atoms with Gasteiger partial charge in [0, 0.05) is 18.0 Å². The number of hydrogen-bond acceptors (Lipinski definition) is 5. The standard InChI is InChI=1S/C16H23NO4S/c1-5-20-14(18)13-10-11-6-8-17(9-7-12(11)22-13)15(19)21-16(2,3)4/h10H,5-9H2,1-4H3. The molecule has 0 atom stereocenters. The second-order valence-corrected chi connectivity index (χ2v) is 7.38. The van der Waals surface area contributed by atoms with Gasteiger partial charge in [0.25, 0.3) is 0 Å². The Kier molecular flexibility index (Phi) is 5.11. The van der Waals surface area contributed by atoms with Crippen LogP contribution < -0.4 is 0 Å². The number of esters is 1. The van der Waals surface area contributed by atoms with E-state index in [1.807, 2.05) is 26.8 Å². The van der Waals surface area contributed by atoms with Crippen LogP contribution in [0, 0.1) is 0 Å². The highest BCUT2D eigenvalue weighted by Crippen LogP contribution is 2.27. The third-order valence-corrected chi connectivity index (χ3v) is 4.50. The molecule has 2 heterocycles. The van der Waals surface area contributed by atoms with Gasteiger partial charge in [-0.3, -0.25) is 0 Å². The highest BCUT2D eigenvalue weighted by molar-refractivity contribution is 7.14. The van der Waals surface area contributed by atoms with Crippen molar-refractivity contribution in [2.24, 2.45) is 0 Å². The van der Waals surface area contributed by atoms with E-state index in [0.717, 1.165) is 23.3 Å². The van der Waals surface area contributed by atoms with E-state index in [2.05, 4.69) is 0 Å². The summed E-state index contributed by atoms with van der Waals surface area (Å²) < 4.78 is 10.5. The molecule has 1 aromatic rings. The summed E-state index contributed by atoms with van der Waals surface area (Å²) in [6, 6.07) is 1.90. The van der Waals surface area contributed by atoms with Crippen LogP contribution in [0.3, 0.4) is 0 Å². The molecule has 6 heteroatoms. The van der Waals surface area contributed by atoms with Crippen LogP contribution >= 0.6 is 11.3 Å². The first-order chi connectivity index (χ1) is 10.3. The van der Waals surface area contributed by atoms with Gasteiger partial charge in [-0.25, -0.2) is 9.59 Å².